The van der Waals surface area contributed by atoms with Crippen LogP contribution in [0, 0.1) is 23.2 Å². The van der Waals surface area contributed by atoms with E-state index in [1.807, 2.05) is 30.3 Å². The lowest BCUT2D eigenvalue weighted by molar-refractivity contribution is 0.00215. The highest BCUT2D eigenvalue weighted by Gasteiger charge is 2.59. The van der Waals surface area contributed by atoms with E-state index in [9.17, 15) is 9.50 Å². The summed E-state index contributed by atoms with van der Waals surface area (Å²) in [7, 11) is 0. The fourth-order valence-corrected chi connectivity index (χ4v) is 2.66. The van der Waals surface area contributed by atoms with Crippen LogP contribution < -0.4 is 15.8 Å². The number of nitrogens with one attached hydrogen (secondary N) is 1. The summed E-state index contributed by atoms with van der Waals surface area (Å²) in [5, 5.41) is 22.2. The van der Waals surface area contributed by atoms with Crippen molar-refractivity contribution in [3.05, 3.63) is 41.7 Å². The van der Waals surface area contributed by atoms with Crippen molar-refractivity contribution in [1.82, 2.24) is 5.32 Å². The Balaban J connectivity index is 1.74. The summed E-state index contributed by atoms with van der Waals surface area (Å²) in [5.41, 5.74) is 2.72. The van der Waals surface area contributed by atoms with Crippen LogP contribution >= 0.6 is 0 Å². The standard InChI is InChI=1S/C18H18FN3O2/c19-17(7-8-17)18(23,12-22-14(10-20)11-21)6-5-15-9-13-3-1-2-4-16(13)24-15/h1-4,10,15,22-23H,7-9,12,20H2/b14-10-. The molecule has 0 aromatic heterocycles. The second-order valence-electron chi connectivity index (χ2n) is 6.06. The maximum Gasteiger partial charge on any atom is 0.176 e. The second kappa shape index (κ2) is 6.07. The number of alkyl halides is 1. The molecule has 0 radical (unpaired) electrons. The lowest BCUT2D eigenvalue weighted by Gasteiger charge is -2.27. The number of allylic oxidation sites excluding steroid dienone is 1. The number of ether oxygens (including phenoxy) is 1. The summed E-state index contributed by atoms with van der Waals surface area (Å²) in [6.07, 6.45) is 1.72. The fourth-order valence-electron chi connectivity index (χ4n) is 2.66. The zero-order valence-corrected chi connectivity index (χ0v) is 13.1. The zero-order chi connectivity index (χ0) is 17.2. The number of nitrogens with two attached hydrogens (primary N) is 1. The van der Waals surface area contributed by atoms with Crippen molar-refractivity contribution < 1.29 is 14.2 Å². The molecule has 2 atom stereocenters. The number of para-hydroxylation sites is 1. The molecule has 1 saturated carbocycles. The molecule has 1 aromatic carbocycles. The number of nitriles is 1. The Morgan fingerprint density at radius 1 is 1.54 bits per heavy atom. The molecule has 1 aliphatic heterocycles. The number of halogens is 1. The minimum atomic E-state index is -1.89. The van der Waals surface area contributed by atoms with Gasteiger partial charge in [-0.15, -0.1) is 0 Å². The van der Waals surface area contributed by atoms with Gasteiger partial charge in [0.25, 0.3) is 0 Å². The Kier molecular flexibility index (Phi) is 4.09. The molecule has 1 aromatic rings. The van der Waals surface area contributed by atoms with Crippen molar-refractivity contribution in [1.29, 1.82) is 5.26 Å². The summed E-state index contributed by atoms with van der Waals surface area (Å²) >= 11 is 0. The van der Waals surface area contributed by atoms with Gasteiger partial charge >= 0.3 is 0 Å². The van der Waals surface area contributed by atoms with Gasteiger partial charge in [0.1, 0.15) is 17.5 Å². The van der Waals surface area contributed by atoms with Crippen LogP contribution in [0.5, 0.6) is 5.75 Å². The predicted molar refractivity (Wildman–Crippen MR) is 86.2 cm³/mol. The number of fused-ring (bicyclic) bond motifs is 1. The monoisotopic (exact) mass is 327 g/mol. The zero-order valence-electron chi connectivity index (χ0n) is 13.1. The van der Waals surface area contributed by atoms with Gasteiger partial charge in [-0.25, -0.2) is 4.39 Å². The molecule has 1 fully saturated rings. The molecule has 0 spiro atoms. The van der Waals surface area contributed by atoms with Gasteiger partial charge in [0.05, 0.1) is 6.54 Å². The highest BCUT2D eigenvalue weighted by molar-refractivity contribution is 5.40. The normalized spacial score (nSPS) is 22.9. The maximum atomic E-state index is 14.6. The van der Waals surface area contributed by atoms with Crippen LogP contribution in [0.2, 0.25) is 0 Å². The highest BCUT2D eigenvalue weighted by atomic mass is 19.1. The third kappa shape index (κ3) is 3.02. The van der Waals surface area contributed by atoms with Crippen molar-refractivity contribution in [3.8, 4) is 23.7 Å². The third-order valence-corrected chi connectivity index (χ3v) is 4.34. The molecule has 6 heteroatoms. The summed E-state index contributed by atoms with van der Waals surface area (Å²) in [6.45, 7) is -0.216. The number of hydrogen-bond donors (Lipinski definition) is 3. The van der Waals surface area contributed by atoms with Crippen LogP contribution in [-0.4, -0.2) is 29.0 Å². The van der Waals surface area contributed by atoms with E-state index in [0.29, 0.717) is 6.42 Å². The van der Waals surface area contributed by atoms with E-state index in [-0.39, 0.29) is 25.1 Å². The van der Waals surface area contributed by atoms with Gasteiger partial charge in [0.15, 0.2) is 17.4 Å². The molecular weight excluding hydrogens is 309 g/mol. The quantitative estimate of drug-likeness (QED) is 0.570. The molecular formula is C18H18FN3O2. The average molecular weight is 327 g/mol. The molecule has 5 nitrogen and oxygen atoms in total. The third-order valence-electron chi connectivity index (χ3n) is 4.34. The lowest BCUT2D eigenvalue weighted by atomic mass is 9.95. The minimum absolute atomic E-state index is 0.0593. The van der Waals surface area contributed by atoms with E-state index in [4.69, 9.17) is 15.7 Å². The predicted octanol–water partition coefficient (Wildman–Crippen LogP) is 1.14. The maximum absolute atomic E-state index is 14.6. The fraction of sp³-hybridized carbons (Fsp3) is 0.389. The van der Waals surface area contributed by atoms with E-state index in [2.05, 4.69) is 17.2 Å². The smallest absolute Gasteiger partial charge is 0.176 e. The Bertz CT molecular complexity index is 745. The first-order chi connectivity index (χ1) is 11.5. The van der Waals surface area contributed by atoms with Gasteiger partial charge in [0, 0.05) is 12.6 Å². The average Bonchev–Trinajstić information content (AvgIpc) is 3.21. The SMILES string of the molecule is N#C/C(=C/N)NCC(O)(C#CC1Cc2ccccc2O1)C1(F)CC1. The lowest BCUT2D eigenvalue weighted by Crippen LogP contribution is -2.49. The number of benzene rings is 1. The van der Waals surface area contributed by atoms with Gasteiger partial charge in [-0.3, -0.25) is 0 Å². The van der Waals surface area contributed by atoms with Gasteiger partial charge in [-0.1, -0.05) is 30.0 Å². The molecule has 1 heterocycles. The first kappa shape index (κ1) is 16.2. The van der Waals surface area contributed by atoms with Crippen LogP contribution in [0.1, 0.15) is 18.4 Å². The summed E-state index contributed by atoms with van der Waals surface area (Å²) in [5.74, 6) is 6.25. The van der Waals surface area contributed by atoms with Crippen molar-refractivity contribution >= 4 is 0 Å². The van der Waals surface area contributed by atoms with E-state index < -0.39 is 17.4 Å². The number of nitrogens with zero attached hydrogens (tertiary/aromatic N) is 1. The van der Waals surface area contributed by atoms with E-state index >= 15 is 0 Å². The minimum Gasteiger partial charge on any atom is -0.477 e. The van der Waals surface area contributed by atoms with Gasteiger partial charge in [-0.05, 0) is 24.5 Å². The Hall–Kier alpha value is -2.70. The van der Waals surface area contributed by atoms with Gasteiger partial charge in [-0.2, -0.15) is 5.26 Å². The largest absolute Gasteiger partial charge is 0.477 e. The Labute approximate surface area is 139 Å². The van der Waals surface area contributed by atoms with Crippen molar-refractivity contribution in [3.63, 3.8) is 0 Å². The number of hydrogen-bond acceptors (Lipinski definition) is 5. The van der Waals surface area contributed by atoms with Crippen LogP contribution in [-0.2, 0) is 6.42 Å². The molecule has 24 heavy (non-hydrogen) atoms. The Morgan fingerprint density at radius 2 is 2.29 bits per heavy atom. The van der Waals surface area contributed by atoms with Gasteiger partial charge < -0.3 is 20.9 Å². The molecule has 0 saturated heterocycles. The van der Waals surface area contributed by atoms with Crippen LogP contribution in [0.4, 0.5) is 4.39 Å². The van der Waals surface area contributed by atoms with Crippen LogP contribution in [0.3, 0.4) is 0 Å². The molecule has 2 unspecified atom stereocenters. The molecule has 1 aliphatic carbocycles. The van der Waals surface area contributed by atoms with E-state index in [1.54, 1.807) is 0 Å². The van der Waals surface area contributed by atoms with Crippen molar-refractivity contribution in [2.75, 3.05) is 6.54 Å². The summed E-state index contributed by atoms with van der Waals surface area (Å²) in [6, 6.07) is 9.42. The van der Waals surface area contributed by atoms with Crippen LogP contribution in [0.15, 0.2) is 36.2 Å². The topological polar surface area (TPSA) is 91.3 Å². The summed E-state index contributed by atoms with van der Waals surface area (Å²) < 4.78 is 20.3. The summed E-state index contributed by atoms with van der Waals surface area (Å²) in [4.78, 5) is 0. The molecule has 124 valence electrons. The second-order valence-corrected chi connectivity index (χ2v) is 6.06. The first-order valence-corrected chi connectivity index (χ1v) is 7.74. The van der Waals surface area contributed by atoms with Crippen LogP contribution in [0.25, 0.3) is 0 Å². The number of rotatable bonds is 4. The highest BCUT2D eigenvalue weighted by Crippen LogP contribution is 2.48. The van der Waals surface area contributed by atoms with Gasteiger partial charge in [0.2, 0.25) is 0 Å². The molecule has 4 N–H and O–H groups in total. The Morgan fingerprint density at radius 3 is 2.92 bits per heavy atom. The van der Waals surface area contributed by atoms with Crippen molar-refractivity contribution in [2.45, 2.75) is 36.6 Å². The van der Waals surface area contributed by atoms with E-state index in [1.165, 1.54) is 0 Å². The molecule has 0 amide bonds. The number of aliphatic hydroxyl groups is 1. The first-order valence-electron chi connectivity index (χ1n) is 7.74. The molecule has 0 bridgehead atoms. The molecule has 3 rings (SSSR count). The van der Waals surface area contributed by atoms with E-state index in [0.717, 1.165) is 17.5 Å². The molecule has 2 aliphatic rings. The van der Waals surface area contributed by atoms with Crippen molar-refractivity contribution in [2.24, 2.45) is 5.73 Å².